The second kappa shape index (κ2) is 4.39. The van der Waals surface area contributed by atoms with Gasteiger partial charge in [-0.1, -0.05) is 22.0 Å². The Balaban J connectivity index is 1.85. The van der Waals surface area contributed by atoms with Crippen LogP contribution in [0.5, 0.6) is 0 Å². The Morgan fingerprint density at radius 3 is 2.94 bits per heavy atom. The van der Waals surface area contributed by atoms with E-state index in [0.717, 1.165) is 23.9 Å². The van der Waals surface area contributed by atoms with Gasteiger partial charge in [0, 0.05) is 22.7 Å². The molecule has 1 fully saturated rings. The van der Waals surface area contributed by atoms with Crippen LogP contribution in [0.15, 0.2) is 34.9 Å². The lowest BCUT2D eigenvalue weighted by Gasteiger charge is -2.19. The van der Waals surface area contributed by atoms with Gasteiger partial charge in [-0.05, 0) is 50.3 Å². The van der Waals surface area contributed by atoms with Crippen molar-refractivity contribution in [3.8, 4) is 0 Å². The number of halogens is 1. The standard InChI is InChI=1S/C15H18BrNO/c1-15(2)7-5-13(18-15)10-17-8-6-11-3-4-12(16)9-14(11)17/h3-4,6,8-9,13H,5,7,10H2,1-2H3. The van der Waals surface area contributed by atoms with E-state index < -0.39 is 0 Å². The van der Waals surface area contributed by atoms with Crippen LogP contribution in [0.25, 0.3) is 10.9 Å². The minimum Gasteiger partial charge on any atom is -0.370 e. The number of ether oxygens (including phenoxy) is 1. The zero-order valence-corrected chi connectivity index (χ0v) is 12.4. The SMILES string of the molecule is CC1(C)CCC(Cn2ccc3ccc(Br)cc32)O1. The van der Waals surface area contributed by atoms with Crippen molar-refractivity contribution in [3.05, 3.63) is 34.9 Å². The molecule has 0 N–H and O–H groups in total. The summed E-state index contributed by atoms with van der Waals surface area (Å²) in [4.78, 5) is 0. The molecule has 2 heterocycles. The summed E-state index contributed by atoms with van der Waals surface area (Å²) in [6.45, 7) is 5.30. The van der Waals surface area contributed by atoms with Crippen molar-refractivity contribution in [1.82, 2.24) is 4.57 Å². The number of hydrogen-bond acceptors (Lipinski definition) is 1. The molecule has 0 spiro atoms. The van der Waals surface area contributed by atoms with E-state index >= 15 is 0 Å². The zero-order chi connectivity index (χ0) is 12.8. The molecular formula is C15H18BrNO. The normalized spacial score (nSPS) is 22.7. The maximum absolute atomic E-state index is 6.07. The van der Waals surface area contributed by atoms with Crippen LogP contribution in [0, 0.1) is 0 Å². The Hall–Kier alpha value is -0.800. The minimum absolute atomic E-state index is 0.0498. The molecule has 18 heavy (non-hydrogen) atoms. The van der Waals surface area contributed by atoms with E-state index in [9.17, 15) is 0 Å². The lowest BCUT2D eigenvalue weighted by molar-refractivity contribution is -0.0212. The molecule has 2 aromatic rings. The summed E-state index contributed by atoms with van der Waals surface area (Å²) in [5, 5.41) is 1.29. The molecule has 1 aromatic heterocycles. The molecule has 1 aliphatic heterocycles. The van der Waals surface area contributed by atoms with Crippen molar-refractivity contribution in [2.24, 2.45) is 0 Å². The van der Waals surface area contributed by atoms with Gasteiger partial charge in [0.25, 0.3) is 0 Å². The van der Waals surface area contributed by atoms with Crippen LogP contribution < -0.4 is 0 Å². The average molecular weight is 308 g/mol. The van der Waals surface area contributed by atoms with Gasteiger partial charge in [0.15, 0.2) is 0 Å². The molecule has 0 bridgehead atoms. The van der Waals surface area contributed by atoms with Gasteiger partial charge in [-0.3, -0.25) is 0 Å². The Morgan fingerprint density at radius 2 is 2.22 bits per heavy atom. The zero-order valence-electron chi connectivity index (χ0n) is 10.8. The van der Waals surface area contributed by atoms with E-state index in [1.807, 2.05) is 0 Å². The Bertz CT molecular complexity index is 573. The quantitative estimate of drug-likeness (QED) is 0.804. The molecule has 0 aliphatic carbocycles. The highest BCUT2D eigenvalue weighted by Gasteiger charge is 2.31. The third-order valence-electron chi connectivity index (χ3n) is 3.69. The van der Waals surface area contributed by atoms with Crippen molar-refractivity contribution < 1.29 is 4.74 Å². The molecule has 1 aromatic carbocycles. The molecule has 1 unspecified atom stereocenters. The molecular weight excluding hydrogens is 290 g/mol. The third-order valence-corrected chi connectivity index (χ3v) is 4.18. The topological polar surface area (TPSA) is 14.2 Å². The maximum Gasteiger partial charge on any atom is 0.0762 e. The molecule has 0 amide bonds. The van der Waals surface area contributed by atoms with Crippen molar-refractivity contribution in [2.75, 3.05) is 0 Å². The highest BCUT2D eigenvalue weighted by atomic mass is 79.9. The molecule has 1 saturated heterocycles. The number of nitrogens with zero attached hydrogens (tertiary/aromatic N) is 1. The predicted octanol–water partition coefficient (Wildman–Crippen LogP) is 4.36. The summed E-state index contributed by atoms with van der Waals surface area (Å²) in [5.41, 5.74) is 1.33. The van der Waals surface area contributed by atoms with E-state index in [1.54, 1.807) is 0 Å². The van der Waals surface area contributed by atoms with Crippen LogP contribution in [0.3, 0.4) is 0 Å². The Labute approximate surface area is 116 Å². The third kappa shape index (κ3) is 2.34. The van der Waals surface area contributed by atoms with Gasteiger partial charge in [0.2, 0.25) is 0 Å². The van der Waals surface area contributed by atoms with Crippen LogP contribution in [-0.2, 0) is 11.3 Å². The van der Waals surface area contributed by atoms with Gasteiger partial charge < -0.3 is 9.30 Å². The number of hydrogen-bond donors (Lipinski definition) is 0. The van der Waals surface area contributed by atoms with Crippen molar-refractivity contribution in [2.45, 2.75) is 44.9 Å². The molecule has 0 saturated carbocycles. The number of fused-ring (bicyclic) bond motifs is 1. The predicted molar refractivity (Wildman–Crippen MR) is 77.8 cm³/mol. The highest BCUT2D eigenvalue weighted by molar-refractivity contribution is 9.10. The van der Waals surface area contributed by atoms with Gasteiger partial charge in [-0.2, -0.15) is 0 Å². The summed E-state index contributed by atoms with van der Waals surface area (Å²) in [6.07, 6.45) is 4.81. The summed E-state index contributed by atoms with van der Waals surface area (Å²) in [5.74, 6) is 0. The Kier molecular flexibility index (Phi) is 2.99. The molecule has 2 nitrogen and oxygen atoms in total. The monoisotopic (exact) mass is 307 g/mol. The molecule has 96 valence electrons. The Morgan fingerprint density at radius 1 is 1.39 bits per heavy atom. The molecule has 1 aliphatic rings. The lowest BCUT2D eigenvalue weighted by Crippen LogP contribution is -2.22. The van der Waals surface area contributed by atoms with E-state index in [0.29, 0.717) is 6.10 Å². The van der Waals surface area contributed by atoms with Gasteiger partial charge in [-0.25, -0.2) is 0 Å². The van der Waals surface area contributed by atoms with E-state index in [2.05, 4.69) is 64.8 Å². The first-order valence-electron chi connectivity index (χ1n) is 6.46. The fourth-order valence-electron chi connectivity index (χ4n) is 2.74. The summed E-state index contributed by atoms with van der Waals surface area (Å²) < 4.78 is 9.49. The van der Waals surface area contributed by atoms with Crippen LogP contribution in [0.1, 0.15) is 26.7 Å². The van der Waals surface area contributed by atoms with Crippen LogP contribution in [-0.4, -0.2) is 16.3 Å². The molecule has 1 atom stereocenters. The average Bonchev–Trinajstić information content (AvgIpc) is 2.84. The summed E-state index contributed by atoms with van der Waals surface area (Å²) in [7, 11) is 0. The van der Waals surface area contributed by atoms with E-state index in [1.165, 1.54) is 10.9 Å². The second-order valence-corrected chi connectivity index (χ2v) is 6.63. The highest BCUT2D eigenvalue weighted by Crippen LogP contribution is 2.31. The molecule has 3 rings (SSSR count). The van der Waals surface area contributed by atoms with Gasteiger partial charge >= 0.3 is 0 Å². The van der Waals surface area contributed by atoms with Crippen molar-refractivity contribution >= 4 is 26.8 Å². The fourth-order valence-corrected chi connectivity index (χ4v) is 3.09. The number of rotatable bonds is 2. The first-order chi connectivity index (χ1) is 8.53. The van der Waals surface area contributed by atoms with Gasteiger partial charge in [-0.15, -0.1) is 0 Å². The number of benzene rings is 1. The smallest absolute Gasteiger partial charge is 0.0762 e. The maximum atomic E-state index is 6.07. The minimum atomic E-state index is 0.0498. The van der Waals surface area contributed by atoms with Gasteiger partial charge in [0.05, 0.1) is 11.7 Å². The summed E-state index contributed by atoms with van der Waals surface area (Å²) >= 11 is 3.54. The number of aromatic nitrogens is 1. The van der Waals surface area contributed by atoms with Crippen LogP contribution in [0.2, 0.25) is 0 Å². The van der Waals surface area contributed by atoms with E-state index in [-0.39, 0.29) is 5.60 Å². The largest absolute Gasteiger partial charge is 0.370 e. The first-order valence-corrected chi connectivity index (χ1v) is 7.25. The van der Waals surface area contributed by atoms with Crippen LogP contribution in [0.4, 0.5) is 0 Å². The van der Waals surface area contributed by atoms with Crippen molar-refractivity contribution in [3.63, 3.8) is 0 Å². The molecule has 0 radical (unpaired) electrons. The second-order valence-electron chi connectivity index (χ2n) is 5.71. The van der Waals surface area contributed by atoms with Crippen molar-refractivity contribution in [1.29, 1.82) is 0 Å². The fraction of sp³-hybridized carbons (Fsp3) is 0.467. The van der Waals surface area contributed by atoms with Gasteiger partial charge in [0.1, 0.15) is 0 Å². The lowest BCUT2D eigenvalue weighted by atomic mass is 10.1. The first kappa shape index (κ1) is 12.2. The van der Waals surface area contributed by atoms with E-state index in [4.69, 9.17) is 4.74 Å². The summed E-state index contributed by atoms with van der Waals surface area (Å²) in [6, 6.07) is 8.58. The molecule has 3 heteroatoms. The van der Waals surface area contributed by atoms with Crippen LogP contribution >= 0.6 is 15.9 Å².